The standard InChI is InChI=1S/C14H17NO5S/c1-10(16)11-4-3-5-12(8-11)21(19,20)15-7-6-14(2,9-15)13(17)18/h3-5,8H,6-7,9H2,1-2H3,(H,17,18). The molecule has 1 aliphatic rings. The molecule has 21 heavy (non-hydrogen) atoms. The van der Waals surface area contributed by atoms with E-state index in [0.29, 0.717) is 5.56 Å². The molecule has 0 bridgehead atoms. The Balaban J connectivity index is 2.34. The summed E-state index contributed by atoms with van der Waals surface area (Å²) in [7, 11) is -3.78. The Hall–Kier alpha value is -1.73. The van der Waals surface area contributed by atoms with Crippen LogP contribution >= 0.6 is 0 Å². The van der Waals surface area contributed by atoms with Crippen LogP contribution in [0.3, 0.4) is 0 Å². The normalized spacial score (nSPS) is 23.1. The van der Waals surface area contributed by atoms with Gasteiger partial charge >= 0.3 is 5.97 Å². The highest BCUT2D eigenvalue weighted by Gasteiger charge is 2.44. The van der Waals surface area contributed by atoms with Crippen molar-refractivity contribution in [2.75, 3.05) is 13.1 Å². The summed E-state index contributed by atoms with van der Waals surface area (Å²) in [4.78, 5) is 22.6. The van der Waals surface area contributed by atoms with Crippen LogP contribution in [0.25, 0.3) is 0 Å². The maximum absolute atomic E-state index is 12.5. The first kappa shape index (κ1) is 15.7. The lowest BCUT2D eigenvalue weighted by atomic mass is 9.90. The highest BCUT2D eigenvalue weighted by atomic mass is 32.2. The smallest absolute Gasteiger partial charge is 0.310 e. The van der Waals surface area contributed by atoms with Gasteiger partial charge in [0.2, 0.25) is 10.0 Å². The number of carbonyl (C=O) groups is 2. The molecule has 1 aromatic carbocycles. The number of carboxylic acids is 1. The van der Waals surface area contributed by atoms with Crippen LogP contribution in [-0.2, 0) is 14.8 Å². The number of hydrogen-bond donors (Lipinski definition) is 1. The quantitative estimate of drug-likeness (QED) is 0.848. The van der Waals surface area contributed by atoms with Crippen molar-refractivity contribution in [3.63, 3.8) is 0 Å². The Morgan fingerprint density at radius 2 is 2.00 bits per heavy atom. The third-order valence-electron chi connectivity index (χ3n) is 3.83. The maximum Gasteiger partial charge on any atom is 0.310 e. The Bertz CT molecular complexity index is 697. The van der Waals surface area contributed by atoms with Crippen molar-refractivity contribution in [3.05, 3.63) is 29.8 Å². The summed E-state index contributed by atoms with van der Waals surface area (Å²) in [6, 6.07) is 5.80. The van der Waals surface area contributed by atoms with E-state index in [-0.39, 0.29) is 30.2 Å². The number of hydrogen-bond acceptors (Lipinski definition) is 4. The van der Waals surface area contributed by atoms with Crippen molar-refractivity contribution in [1.82, 2.24) is 4.31 Å². The maximum atomic E-state index is 12.5. The van der Waals surface area contributed by atoms with Crippen LogP contribution in [0.1, 0.15) is 30.6 Å². The fraction of sp³-hybridized carbons (Fsp3) is 0.429. The molecular weight excluding hydrogens is 294 g/mol. The van der Waals surface area contributed by atoms with Crippen LogP contribution in [0.5, 0.6) is 0 Å². The molecule has 1 fully saturated rings. The molecule has 1 heterocycles. The number of carboxylic acid groups (broad SMARTS) is 1. The van der Waals surface area contributed by atoms with Gasteiger partial charge in [0.25, 0.3) is 0 Å². The lowest BCUT2D eigenvalue weighted by molar-refractivity contribution is -0.146. The SMILES string of the molecule is CC(=O)c1cccc(S(=O)(=O)N2CCC(C)(C(=O)O)C2)c1. The molecule has 2 rings (SSSR count). The summed E-state index contributed by atoms with van der Waals surface area (Å²) in [5.41, 5.74) is -0.748. The molecule has 0 aliphatic carbocycles. The molecule has 0 aromatic heterocycles. The molecule has 0 radical (unpaired) electrons. The molecule has 1 saturated heterocycles. The van der Waals surface area contributed by atoms with Crippen LogP contribution in [-0.4, -0.2) is 42.7 Å². The Morgan fingerprint density at radius 1 is 1.33 bits per heavy atom. The van der Waals surface area contributed by atoms with Gasteiger partial charge in [0.05, 0.1) is 10.3 Å². The van der Waals surface area contributed by atoms with Gasteiger partial charge in [-0.15, -0.1) is 0 Å². The van der Waals surface area contributed by atoms with Gasteiger partial charge in [-0.3, -0.25) is 9.59 Å². The minimum absolute atomic E-state index is 0.0184. The van der Waals surface area contributed by atoms with E-state index in [4.69, 9.17) is 0 Å². The predicted octanol–water partition coefficient (Wildman–Crippen LogP) is 1.37. The molecule has 1 N–H and O–H groups in total. The van der Waals surface area contributed by atoms with Gasteiger partial charge in [0.15, 0.2) is 5.78 Å². The third kappa shape index (κ3) is 2.84. The Kier molecular flexibility index (Phi) is 3.90. The van der Waals surface area contributed by atoms with E-state index in [0.717, 1.165) is 0 Å². The first-order valence-electron chi connectivity index (χ1n) is 6.51. The van der Waals surface area contributed by atoms with Gasteiger partial charge < -0.3 is 5.11 Å². The van der Waals surface area contributed by atoms with Gasteiger partial charge in [0, 0.05) is 18.7 Å². The van der Waals surface area contributed by atoms with E-state index >= 15 is 0 Å². The molecule has 0 amide bonds. The third-order valence-corrected chi connectivity index (χ3v) is 5.67. The van der Waals surface area contributed by atoms with Crippen molar-refractivity contribution >= 4 is 21.8 Å². The summed E-state index contributed by atoms with van der Waals surface area (Å²) in [5.74, 6) is -1.22. The molecule has 1 aliphatic heterocycles. The summed E-state index contributed by atoms with van der Waals surface area (Å²) in [6.07, 6.45) is 0.272. The number of Topliss-reactive ketones (excluding diaryl/α,β-unsaturated/α-hetero) is 1. The number of carbonyl (C=O) groups excluding carboxylic acids is 1. The fourth-order valence-corrected chi connectivity index (χ4v) is 3.93. The Morgan fingerprint density at radius 3 is 2.52 bits per heavy atom. The average molecular weight is 311 g/mol. The molecule has 7 heteroatoms. The molecule has 1 atom stereocenters. The van der Waals surface area contributed by atoms with Gasteiger partial charge in [-0.05, 0) is 32.4 Å². The zero-order valence-electron chi connectivity index (χ0n) is 11.9. The van der Waals surface area contributed by atoms with Crippen molar-refractivity contribution in [2.24, 2.45) is 5.41 Å². The van der Waals surface area contributed by atoms with Crippen LogP contribution in [0.4, 0.5) is 0 Å². The second kappa shape index (κ2) is 5.23. The number of nitrogens with zero attached hydrogens (tertiary/aromatic N) is 1. The number of benzene rings is 1. The molecule has 0 spiro atoms. The van der Waals surface area contributed by atoms with Crippen molar-refractivity contribution in [3.8, 4) is 0 Å². The summed E-state index contributed by atoms with van der Waals surface area (Å²) in [6.45, 7) is 3.00. The second-order valence-corrected chi connectivity index (χ2v) is 7.48. The van der Waals surface area contributed by atoms with Gasteiger partial charge in [-0.1, -0.05) is 12.1 Å². The van der Waals surface area contributed by atoms with Crippen LogP contribution < -0.4 is 0 Å². The number of aliphatic carboxylic acids is 1. The zero-order chi connectivity index (χ0) is 15.8. The molecular formula is C14H17NO5S. The van der Waals surface area contributed by atoms with Crippen molar-refractivity contribution < 1.29 is 23.1 Å². The Labute approximate surface area is 123 Å². The summed E-state index contributed by atoms with van der Waals surface area (Å²) >= 11 is 0. The van der Waals surface area contributed by atoms with Gasteiger partial charge in [-0.2, -0.15) is 4.31 Å². The van der Waals surface area contributed by atoms with E-state index in [1.165, 1.54) is 36.4 Å². The predicted molar refractivity (Wildman–Crippen MR) is 75.6 cm³/mol. The van der Waals surface area contributed by atoms with E-state index in [1.807, 2.05) is 0 Å². The lowest BCUT2D eigenvalue weighted by Gasteiger charge is -2.20. The largest absolute Gasteiger partial charge is 0.481 e. The zero-order valence-corrected chi connectivity index (χ0v) is 12.7. The number of rotatable bonds is 4. The van der Waals surface area contributed by atoms with Crippen molar-refractivity contribution in [2.45, 2.75) is 25.2 Å². The first-order valence-corrected chi connectivity index (χ1v) is 7.95. The second-order valence-electron chi connectivity index (χ2n) is 5.54. The van der Waals surface area contributed by atoms with Gasteiger partial charge in [-0.25, -0.2) is 8.42 Å². The monoisotopic (exact) mass is 311 g/mol. The fourth-order valence-electron chi connectivity index (χ4n) is 2.32. The topological polar surface area (TPSA) is 91.8 Å². The highest BCUT2D eigenvalue weighted by Crippen LogP contribution is 2.33. The van der Waals surface area contributed by atoms with Gasteiger partial charge in [0.1, 0.15) is 0 Å². The van der Waals surface area contributed by atoms with E-state index in [9.17, 15) is 23.1 Å². The number of sulfonamides is 1. The first-order chi connectivity index (χ1) is 9.67. The summed E-state index contributed by atoms with van der Waals surface area (Å²) < 4.78 is 26.2. The van der Waals surface area contributed by atoms with E-state index < -0.39 is 21.4 Å². The molecule has 0 saturated carbocycles. The highest BCUT2D eigenvalue weighted by molar-refractivity contribution is 7.89. The summed E-state index contributed by atoms with van der Waals surface area (Å²) in [5, 5.41) is 9.18. The molecule has 114 valence electrons. The molecule has 1 unspecified atom stereocenters. The minimum atomic E-state index is -3.78. The van der Waals surface area contributed by atoms with Crippen LogP contribution in [0.2, 0.25) is 0 Å². The van der Waals surface area contributed by atoms with E-state index in [2.05, 4.69) is 0 Å². The average Bonchev–Trinajstić information content (AvgIpc) is 2.84. The minimum Gasteiger partial charge on any atom is -0.481 e. The lowest BCUT2D eigenvalue weighted by Crippen LogP contribution is -2.34. The molecule has 1 aromatic rings. The van der Waals surface area contributed by atoms with Crippen LogP contribution in [0.15, 0.2) is 29.2 Å². The van der Waals surface area contributed by atoms with E-state index in [1.54, 1.807) is 6.07 Å². The molecule has 6 nitrogen and oxygen atoms in total. The van der Waals surface area contributed by atoms with Crippen molar-refractivity contribution in [1.29, 1.82) is 0 Å². The number of ketones is 1. The van der Waals surface area contributed by atoms with Crippen LogP contribution in [0, 0.1) is 5.41 Å².